The highest BCUT2D eigenvalue weighted by Gasteiger charge is 2.30. The molecule has 0 fully saturated rings. The Kier molecular flexibility index (Phi) is 6.23. The van der Waals surface area contributed by atoms with E-state index in [2.05, 4.69) is 6.92 Å². The quantitative estimate of drug-likeness (QED) is 0.750. The van der Waals surface area contributed by atoms with Crippen molar-refractivity contribution in [2.75, 3.05) is 6.54 Å². The van der Waals surface area contributed by atoms with Gasteiger partial charge < -0.3 is 9.52 Å². The molecule has 0 atom stereocenters. The first-order valence-electron chi connectivity index (χ1n) is 7.06. The largest absolute Gasteiger partial charge is 0.462 e. The van der Waals surface area contributed by atoms with Crippen LogP contribution in [0.1, 0.15) is 51.6 Å². The van der Waals surface area contributed by atoms with Crippen LogP contribution in [-0.4, -0.2) is 30.4 Å². The summed E-state index contributed by atoms with van der Waals surface area (Å²) in [6, 6.07) is 1.31. The van der Waals surface area contributed by atoms with Crippen molar-refractivity contribution in [2.45, 2.75) is 64.5 Å². The zero-order chi connectivity index (χ0) is 15.3. The highest BCUT2D eigenvalue weighted by atomic mass is 32.2. The second-order valence-electron chi connectivity index (χ2n) is 5.21. The average Bonchev–Trinajstić information content (AvgIpc) is 2.76. The van der Waals surface area contributed by atoms with Gasteiger partial charge in [0.05, 0.1) is 0 Å². The first-order chi connectivity index (χ1) is 9.34. The molecule has 0 radical (unpaired) electrons. The van der Waals surface area contributed by atoms with Crippen LogP contribution in [0.25, 0.3) is 0 Å². The van der Waals surface area contributed by atoms with Crippen LogP contribution in [0.2, 0.25) is 0 Å². The molecule has 0 spiro atoms. The van der Waals surface area contributed by atoms with Crippen LogP contribution in [0.4, 0.5) is 0 Å². The van der Waals surface area contributed by atoms with Crippen molar-refractivity contribution in [1.29, 1.82) is 0 Å². The fourth-order valence-electron chi connectivity index (χ4n) is 2.16. The highest BCUT2D eigenvalue weighted by molar-refractivity contribution is 7.89. The van der Waals surface area contributed by atoms with Crippen LogP contribution >= 0.6 is 0 Å². The Balaban J connectivity index is 3.06. The number of hydrogen-bond acceptors (Lipinski definition) is 4. The van der Waals surface area contributed by atoms with Gasteiger partial charge in [-0.3, -0.25) is 0 Å². The highest BCUT2D eigenvalue weighted by Crippen LogP contribution is 2.25. The zero-order valence-corrected chi connectivity index (χ0v) is 13.5. The van der Waals surface area contributed by atoms with Crippen LogP contribution in [0.3, 0.4) is 0 Å². The van der Waals surface area contributed by atoms with Crippen molar-refractivity contribution < 1.29 is 17.9 Å². The summed E-state index contributed by atoms with van der Waals surface area (Å²) in [4.78, 5) is 0.159. The summed E-state index contributed by atoms with van der Waals surface area (Å²) in [7, 11) is -3.57. The number of unbranched alkanes of at least 4 members (excludes halogenated alkanes) is 2. The maximum atomic E-state index is 12.7. The molecule has 0 saturated heterocycles. The maximum absolute atomic E-state index is 12.7. The lowest BCUT2D eigenvalue weighted by Gasteiger charge is -2.25. The molecule has 1 N–H and O–H groups in total. The Morgan fingerprint density at radius 3 is 2.45 bits per heavy atom. The number of nitrogens with zero attached hydrogens (tertiary/aromatic N) is 1. The molecule has 1 aromatic heterocycles. The summed E-state index contributed by atoms with van der Waals surface area (Å²) >= 11 is 0. The van der Waals surface area contributed by atoms with Gasteiger partial charge in [-0.2, -0.15) is 4.31 Å². The minimum Gasteiger partial charge on any atom is -0.462 e. The molecule has 1 heterocycles. The molecule has 0 unspecified atom stereocenters. The first-order valence-corrected chi connectivity index (χ1v) is 8.50. The number of hydrogen-bond donors (Lipinski definition) is 1. The first kappa shape index (κ1) is 17.2. The van der Waals surface area contributed by atoms with Gasteiger partial charge in [0.2, 0.25) is 10.0 Å². The third-order valence-electron chi connectivity index (χ3n) is 3.22. The van der Waals surface area contributed by atoms with Crippen LogP contribution in [0.5, 0.6) is 0 Å². The standard InChI is InChI=1S/C14H25NO4S/c1-5-6-7-8-15(11(2)3)20(17,18)14-9-13(10-16)19-12(14)4/h9,11,16H,5-8,10H2,1-4H3. The van der Waals surface area contributed by atoms with Gasteiger partial charge in [-0.1, -0.05) is 19.8 Å². The van der Waals surface area contributed by atoms with E-state index in [9.17, 15) is 8.42 Å². The molecule has 0 aliphatic carbocycles. The van der Waals surface area contributed by atoms with E-state index in [4.69, 9.17) is 9.52 Å². The Bertz CT molecular complexity index is 519. The molecular formula is C14H25NO4S. The average molecular weight is 303 g/mol. The number of rotatable bonds is 8. The zero-order valence-electron chi connectivity index (χ0n) is 12.7. The Labute approximate surface area is 121 Å². The van der Waals surface area contributed by atoms with Crippen molar-refractivity contribution in [1.82, 2.24) is 4.31 Å². The fraction of sp³-hybridized carbons (Fsp3) is 0.714. The van der Waals surface area contributed by atoms with Gasteiger partial charge in [0.1, 0.15) is 23.0 Å². The number of furan rings is 1. The summed E-state index contributed by atoms with van der Waals surface area (Å²) in [6.45, 7) is 7.64. The normalized spacial score (nSPS) is 12.6. The molecule has 116 valence electrons. The lowest BCUT2D eigenvalue weighted by molar-refractivity contribution is 0.244. The Morgan fingerprint density at radius 1 is 1.35 bits per heavy atom. The molecule has 0 aliphatic rings. The molecular weight excluding hydrogens is 278 g/mol. The lowest BCUT2D eigenvalue weighted by Crippen LogP contribution is -2.37. The van der Waals surface area contributed by atoms with Gasteiger partial charge in [-0.15, -0.1) is 0 Å². The molecule has 0 aliphatic heterocycles. The van der Waals surface area contributed by atoms with Gasteiger partial charge in [-0.05, 0) is 27.2 Å². The summed E-state index contributed by atoms with van der Waals surface area (Å²) in [5.74, 6) is 0.605. The monoisotopic (exact) mass is 303 g/mol. The lowest BCUT2D eigenvalue weighted by atomic mass is 10.2. The van der Waals surface area contributed by atoms with E-state index in [1.165, 1.54) is 10.4 Å². The van der Waals surface area contributed by atoms with Gasteiger partial charge in [0.15, 0.2) is 0 Å². The smallest absolute Gasteiger partial charge is 0.246 e. The van der Waals surface area contributed by atoms with E-state index in [0.717, 1.165) is 19.3 Å². The van der Waals surface area contributed by atoms with Crippen molar-refractivity contribution >= 4 is 10.0 Å². The summed E-state index contributed by atoms with van der Waals surface area (Å²) in [5, 5.41) is 9.06. The Morgan fingerprint density at radius 2 is 2.00 bits per heavy atom. The molecule has 1 rings (SSSR count). The fourth-order valence-corrected chi connectivity index (χ4v) is 4.02. The van der Waals surface area contributed by atoms with Crippen molar-refractivity contribution in [3.63, 3.8) is 0 Å². The van der Waals surface area contributed by atoms with E-state index in [-0.39, 0.29) is 23.3 Å². The van der Waals surface area contributed by atoms with E-state index < -0.39 is 10.0 Å². The van der Waals surface area contributed by atoms with E-state index >= 15 is 0 Å². The number of aliphatic hydroxyl groups is 1. The van der Waals surface area contributed by atoms with Crippen LogP contribution in [0, 0.1) is 6.92 Å². The van der Waals surface area contributed by atoms with E-state index in [1.54, 1.807) is 6.92 Å². The summed E-state index contributed by atoms with van der Waals surface area (Å²) < 4.78 is 32.2. The van der Waals surface area contributed by atoms with Crippen LogP contribution < -0.4 is 0 Å². The maximum Gasteiger partial charge on any atom is 0.246 e. The van der Waals surface area contributed by atoms with Gasteiger partial charge >= 0.3 is 0 Å². The SMILES string of the molecule is CCCCCN(C(C)C)S(=O)(=O)c1cc(CO)oc1C. The molecule has 0 aromatic carbocycles. The summed E-state index contributed by atoms with van der Waals surface area (Å²) in [6.07, 6.45) is 2.90. The topological polar surface area (TPSA) is 70.8 Å². The third-order valence-corrected chi connectivity index (χ3v) is 5.41. The van der Waals surface area contributed by atoms with E-state index in [0.29, 0.717) is 12.3 Å². The Hall–Kier alpha value is -0.850. The van der Waals surface area contributed by atoms with Crippen LogP contribution in [0.15, 0.2) is 15.4 Å². The molecule has 0 bridgehead atoms. The second-order valence-corrected chi connectivity index (χ2v) is 7.07. The molecule has 20 heavy (non-hydrogen) atoms. The number of aryl methyl sites for hydroxylation is 1. The molecule has 0 saturated carbocycles. The number of aliphatic hydroxyl groups excluding tert-OH is 1. The van der Waals surface area contributed by atoms with Gasteiger partial charge in [0.25, 0.3) is 0 Å². The van der Waals surface area contributed by atoms with Gasteiger partial charge in [0, 0.05) is 18.7 Å². The van der Waals surface area contributed by atoms with Crippen molar-refractivity contribution in [3.8, 4) is 0 Å². The van der Waals surface area contributed by atoms with E-state index in [1.807, 2.05) is 13.8 Å². The summed E-state index contributed by atoms with van der Waals surface area (Å²) in [5.41, 5.74) is 0. The minimum atomic E-state index is -3.57. The predicted octanol–water partition coefficient (Wildman–Crippen LogP) is 2.67. The molecule has 1 aromatic rings. The predicted molar refractivity (Wildman–Crippen MR) is 77.9 cm³/mol. The number of sulfonamides is 1. The van der Waals surface area contributed by atoms with Gasteiger partial charge in [-0.25, -0.2) is 8.42 Å². The van der Waals surface area contributed by atoms with Crippen molar-refractivity contribution in [2.24, 2.45) is 0 Å². The van der Waals surface area contributed by atoms with Crippen molar-refractivity contribution in [3.05, 3.63) is 17.6 Å². The third kappa shape index (κ3) is 3.84. The molecule has 5 nitrogen and oxygen atoms in total. The second kappa shape index (κ2) is 7.24. The van der Waals surface area contributed by atoms with Crippen LogP contribution in [-0.2, 0) is 16.6 Å². The molecule has 0 amide bonds. The minimum absolute atomic E-state index is 0.108. The molecule has 6 heteroatoms.